The van der Waals surface area contributed by atoms with Gasteiger partial charge in [0, 0.05) is 23.2 Å². The van der Waals surface area contributed by atoms with Gasteiger partial charge in [0.25, 0.3) is 0 Å². The third kappa shape index (κ3) is 3.70. The highest BCUT2D eigenvalue weighted by Crippen LogP contribution is 2.22. The van der Waals surface area contributed by atoms with E-state index in [2.05, 4.69) is 9.71 Å². The second-order valence-corrected chi connectivity index (χ2v) is 6.78. The lowest BCUT2D eigenvalue weighted by molar-refractivity contribution is 0.409. The van der Waals surface area contributed by atoms with Gasteiger partial charge in [-0.3, -0.25) is 4.79 Å². The number of sulfonamides is 1. The number of aromatic nitrogens is 1. The lowest BCUT2D eigenvalue weighted by Gasteiger charge is -2.10. The molecule has 0 aliphatic carbocycles. The summed E-state index contributed by atoms with van der Waals surface area (Å²) in [5.74, 6) is 0.540. The molecule has 4 N–H and O–H groups in total. The van der Waals surface area contributed by atoms with Crippen molar-refractivity contribution < 1.29 is 13.2 Å². The standard InChI is InChI=1S/C12H15N3O4S2/c1-19-11-3-2-10(4-8(11)5-13)21(17,18)14-6-9-7-20-12(16)15-9/h2-4,7,14H,5-6,13H2,1H3,(H,15,16). The zero-order valence-corrected chi connectivity index (χ0v) is 12.9. The van der Waals surface area contributed by atoms with Crippen LogP contribution in [0.3, 0.4) is 0 Å². The van der Waals surface area contributed by atoms with Gasteiger partial charge in [-0.15, -0.1) is 0 Å². The summed E-state index contributed by atoms with van der Waals surface area (Å²) in [5.41, 5.74) is 6.69. The second-order valence-electron chi connectivity index (χ2n) is 4.18. The number of benzene rings is 1. The minimum absolute atomic E-state index is 0.0189. The Bertz CT molecular complexity index is 780. The van der Waals surface area contributed by atoms with E-state index < -0.39 is 10.0 Å². The van der Waals surface area contributed by atoms with E-state index in [0.29, 0.717) is 17.0 Å². The van der Waals surface area contributed by atoms with E-state index in [1.54, 1.807) is 11.4 Å². The van der Waals surface area contributed by atoms with Crippen molar-refractivity contribution in [3.05, 3.63) is 44.5 Å². The number of nitrogens with one attached hydrogen (secondary N) is 2. The van der Waals surface area contributed by atoms with Crippen molar-refractivity contribution in [1.82, 2.24) is 9.71 Å². The van der Waals surface area contributed by atoms with Crippen molar-refractivity contribution in [3.8, 4) is 5.75 Å². The van der Waals surface area contributed by atoms with Gasteiger partial charge >= 0.3 is 4.87 Å². The summed E-state index contributed by atoms with van der Waals surface area (Å²) < 4.78 is 31.9. The number of nitrogens with two attached hydrogens (primary N) is 1. The molecular weight excluding hydrogens is 314 g/mol. The summed E-state index contributed by atoms with van der Waals surface area (Å²) in [6, 6.07) is 4.47. The SMILES string of the molecule is COc1ccc(S(=O)(=O)NCc2csc(=O)[nH]2)cc1CN. The molecule has 0 saturated carbocycles. The molecule has 9 heteroatoms. The highest BCUT2D eigenvalue weighted by molar-refractivity contribution is 7.89. The van der Waals surface area contributed by atoms with Gasteiger partial charge in [0.05, 0.1) is 18.6 Å². The van der Waals surface area contributed by atoms with E-state index in [-0.39, 0.29) is 22.9 Å². The second kappa shape index (κ2) is 6.39. The molecule has 0 aliphatic rings. The average molecular weight is 329 g/mol. The van der Waals surface area contributed by atoms with Gasteiger partial charge in [-0.05, 0) is 18.2 Å². The van der Waals surface area contributed by atoms with Crippen molar-refractivity contribution in [1.29, 1.82) is 0 Å². The lowest BCUT2D eigenvalue weighted by Crippen LogP contribution is -2.24. The van der Waals surface area contributed by atoms with Gasteiger partial charge in [0.2, 0.25) is 10.0 Å². The van der Waals surface area contributed by atoms with Crippen LogP contribution in [0.4, 0.5) is 0 Å². The first-order valence-electron chi connectivity index (χ1n) is 5.99. The van der Waals surface area contributed by atoms with Crippen LogP contribution in [-0.2, 0) is 23.1 Å². The molecule has 0 unspecified atom stereocenters. The summed E-state index contributed by atoms with van der Waals surface area (Å²) in [5, 5.41) is 1.57. The number of hydrogen-bond acceptors (Lipinski definition) is 6. The topological polar surface area (TPSA) is 114 Å². The maximum absolute atomic E-state index is 12.2. The molecule has 21 heavy (non-hydrogen) atoms. The minimum atomic E-state index is -3.69. The predicted molar refractivity (Wildman–Crippen MR) is 79.9 cm³/mol. The molecule has 0 aliphatic heterocycles. The zero-order valence-electron chi connectivity index (χ0n) is 11.3. The Morgan fingerprint density at radius 3 is 2.76 bits per heavy atom. The Kier molecular flexibility index (Phi) is 4.78. The molecule has 1 heterocycles. The Balaban J connectivity index is 2.21. The van der Waals surface area contributed by atoms with E-state index >= 15 is 0 Å². The molecule has 0 fully saturated rings. The fourth-order valence-electron chi connectivity index (χ4n) is 1.74. The van der Waals surface area contributed by atoms with Crippen molar-refractivity contribution in [2.24, 2.45) is 5.73 Å². The van der Waals surface area contributed by atoms with Crippen molar-refractivity contribution in [3.63, 3.8) is 0 Å². The molecule has 0 saturated heterocycles. The fourth-order valence-corrected chi connectivity index (χ4v) is 3.38. The van der Waals surface area contributed by atoms with Gasteiger partial charge < -0.3 is 15.5 Å². The van der Waals surface area contributed by atoms with Crippen molar-refractivity contribution >= 4 is 21.4 Å². The summed E-state index contributed by atoms with van der Waals surface area (Å²) in [6.45, 7) is 0.190. The summed E-state index contributed by atoms with van der Waals surface area (Å²) in [4.78, 5) is 13.4. The summed E-state index contributed by atoms with van der Waals surface area (Å²) in [7, 11) is -2.19. The molecule has 1 aromatic heterocycles. The van der Waals surface area contributed by atoms with E-state index in [1.807, 2.05) is 0 Å². The zero-order chi connectivity index (χ0) is 15.5. The maximum Gasteiger partial charge on any atom is 0.304 e. The highest BCUT2D eigenvalue weighted by atomic mass is 32.2. The van der Waals surface area contributed by atoms with Gasteiger partial charge in [0.1, 0.15) is 5.75 Å². The summed E-state index contributed by atoms with van der Waals surface area (Å²) >= 11 is 0.983. The lowest BCUT2D eigenvalue weighted by atomic mass is 10.2. The number of aromatic amines is 1. The molecule has 114 valence electrons. The Morgan fingerprint density at radius 2 is 2.19 bits per heavy atom. The molecule has 0 spiro atoms. The van der Waals surface area contributed by atoms with E-state index in [4.69, 9.17) is 10.5 Å². The molecular formula is C12H15N3O4S2. The van der Waals surface area contributed by atoms with Gasteiger partial charge in [-0.1, -0.05) is 11.3 Å². The smallest absolute Gasteiger partial charge is 0.304 e. The molecule has 2 aromatic rings. The van der Waals surface area contributed by atoms with Crippen molar-refractivity contribution in [2.45, 2.75) is 18.0 Å². The maximum atomic E-state index is 12.2. The Hall–Kier alpha value is -1.68. The van der Waals surface area contributed by atoms with Crippen LogP contribution in [0, 0.1) is 0 Å². The third-order valence-electron chi connectivity index (χ3n) is 2.81. The fraction of sp³-hybridized carbons (Fsp3) is 0.250. The molecule has 0 bridgehead atoms. The number of methoxy groups -OCH3 is 1. The van der Waals surface area contributed by atoms with Crippen LogP contribution < -0.4 is 20.1 Å². The van der Waals surface area contributed by atoms with Crippen LogP contribution in [0.25, 0.3) is 0 Å². The van der Waals surface area contributed by atoms with Crippen LogP contribution in [0.2, 0.25) is 0 Å². The first-order chi connectivity index (χ1) is 9.96. The largest absolute Gasteiger partial charge is 0.496 e. The molecule has 0 amide bonds. The molecule has 7 nitrogen and oxygen atoms in total. The normalized spacial score (nSPS) is 11.5. The third-order valence-corrected chi connectivity index (χ3v) is 4.92. The minimum Gasteiger partial charge on any atom is -0.496 e. The molecule has 0 atom stereocenters. The van der Waals surface area contributed by atoms with E-state index in [9.17, 15) is 13.2 Å². The molecule has 1 aromatic carbocycles. The number of H-pyrrole nitrogens is 1. The predicted octanol–water partition coefficient (Wildman–Crippen LogP) is 0.382. The van der Waals surface area contributed by atoms with Crippen LogP contribution in [0.15, 0.2) is 33.3 Å². The van der Waals surface area contributed by atoms with Crippen LogP contribution >= 0.6 is 11.3 Å². The monoisotopic (exact) mass is 329 g/mol. The van der Waals surface area contributed by atoms with E-state index in [1.165, 1.54) is 19.2 Å². The van der Waals surface area contributed by atoms with Gasteiger partial charge in [0.15, 0.2) is 0 Å². The van der Waals surface area contributed by atoms with Crippen LogP contribution in [0.1, 0.15) is 11.3 Å². The van der Waals surface area contributed by atoms with Crippen LogP contribution in [-0.4, -0.2) is 20.5 Å². The number of ether oxygens (including phenoxy) is 1. The first kappa shape index (κ1) is 15.7. The molecule has 0 radical (unpaired) electrons. The van der Waals surface area contributed by atoms with Crippen LogP contribution in [0.5, 0.6) is 5.75 Å². The van der Waals surface area contributed by atoms with E-state index in [0.717, 1.165) is 11.3 Å². The Labute approximate surface area is 125 Å². The van der Waals surface area contributed by atoms with Gasteiger partial charge in [-0.2, -0.15) is 0 Å². The number of rotatable bonds is 6. The first-order valence-corrected chi connectivity index (χ1v) is 8.36. The number of hydrogen-bond donors (Lipinski definition) is 3. The molecule has 2 rings (SSSR count). The Morgan fingerprint density at radius 1 is 1.43 bits per heavy atom. The quantitative estimate of drug-likeness (QED) is 0.709. The van der Waals surface area contributed by atoms with Crippen molar-refractivity contribution in [2.75, 3.05) is 7.11 Å². The van der Waals surface area contributed by atoms with Gasteiger partial charge in [-0.25, -0.2) is 13.1 Å². The highest BCUT2D eigenvalue weighted by Gasteiger charge is 2.16. The number of thiazole rings is 1. The average Bonchev–Trinajstić information content (AvgIpc) is 2.90. The summed E-state index contributed by atoms with van der Waals surface area (Å²) in [6.07, 6.45) is 0.